The lowest BCUT2D eigenvalue weighted by atomic mass is 10.2. The van der Waals surface area contributed by atoms with E-state index in [4.69, 9.17) is 0 Å². The smallest absolute Gasteiger partial charge is 0.136 e. The van der Waals surface area contributed by atoms with Gasteiger partial charge >= 0.3 is 0 Å². The third-order valence-electron chi connectivity index (χ3n) is 2.77. The van der Waals surface area contributed by atoms with Crippen LogP contribution >= 0.6 is 0 Å². The van der Waals surface area contributed by atoms with Crippen LogP contribution in [0.25, 0.3) is 0 Å². The second kappa shape index (κ2) is 7.28. The van der Waals surface area contributed by atoms with E-state index in [0.29, 0.717) is 0 Å². The van der Waals surface area contributed by atoms with Crippen LogP contribution in [0.15, 0.2) is 6.20 Å². The minimum atomic E-state index is 0.818. The zero-order valence-electron chi connectivity index (χ0n) is 12.2. The van der Waals surface area contributed by atoms with E-state index in [0.717, 1.165) is 43.4 Å². The van der Waals surface area contributed by atoms with E-state index in [-0.39, 0.29) is 0 Å². The fourth-order valence-corrected chi connectivity index (χ4v) is 1.65. The lowest BCUT2D eigenvalue weighted by Crippen LogP contribution is -2.30. The molecule has 5 nitrogen and oxygen atoms in total. The third-order valence-corrected chi connectivity index (χ3v) is 2.77. The first kappa shape index (κ1) is 14.9. The Balaban J connectivity index is 2.79. The molecule has 0 spiro atoms. The van der Waals surface area contributed by atoms with Crippen LogP contribution in [0.2, 0.25) is 0 Å². The van der Waals surface area contributed by atoms with Crippen molar-refractivity contribution in [3.8, 4) is 0 Å². The van der Waals surface area contributed by atoms with Crippen LogP contribution in [0.1, 0.15) is 18.3 Å². The molecule has 1 rings (SSSR count). The molecule has 0 aromatic carbocycles. The Hall–Kier alpha value is -1.20. The molecule has 0 saturated heterocycles. The summed E-state index contributed by atoms with van der Waals surface area (Å²) < 4.78 is 0. The van der Waals surface area contributed by atoms with Crippen molar-refractivity contribution < 1.29 is 0 Å². The van der Waals surface area contributed by atoms with E-state index in [1.54, 1.807) is 0 Å². The Labute approximate surface area is 110 Å². The maximum absolute atomic E-state index is 4.56. The average Bonchev–Trinajstić information content (AvgIpc) is 2.34. The molecule has 0 bridgehead atoms. The maximum Gasteiger partial charge on any atom is 0.136 e. The van der Waals surface area contributed by atoms with Gasteiger partial charge in [-0.2, -0.15) is 0 Å². The first-order valence-electron chi connectivity index (χ1n) is 6.43. The van der Waals surface area contributed by atoms with Crippen molar-refractivity contribution in [3.63, 3.8) is 0 Å². The highest BCUT2D eigenvalue weighted by atomic mass is 15.2. The van der Waals surface area contributed by atoms with Crippen LogP contribution in [0.5, 0.6) is 0 Å². The topological polar surface area (TPSA) is 44.3 Å². The van der Waals surface area contributed by atoms with Crippen molar-refractivity contribution in [1.29, 1.82) is 0 Å². The van der Waals surface area contributed by atoms with Crippen LogP contribution < -0.4 is 10.2 Å². The van der Waals surface area contributed by atoms with Crippen LogP contribution in [-0.2, 0) is 6.54 Å². The number of rotatable bonds is 7. The molecule has 0 aliphatic heterocycles. The summed E-state index contributed by atoms with van der Waals surface area (Å²) in [5.41, 5.74) is 1.16. The van der Waals surface area contributed by atoms with Crippen LogP contribution in [0.3, 0.4) is 0 Å². The molecule has 0 atom stereocenters. The van der Waals surface area contributed by atoms with Crippen LogP contribution in [-0.4, -0.2) is 55.6 Å². The van der Waals surface area contributed by atoms with Gasteiger partial charge in [0, 0.05) is 38.4 Å². The summed E-state index contributed by atoms with van der Waals surface area (Å²) in [5, 5.41) is 3.33. The number of nitrogens with zero attached hydrogens (tertiary/aromatic N) is 4. The summed E-state index contributed by atoms with van der Waals surface area (Å²) in [4.78, 5) is 13.2. The number of aromatic nitrogens is 2. The first-order valence-corrected chi connectivity index (χ1v) is 6.43. The number of hydrogen-bond acceptors (Lipinski definition) is 5. The van der Waals surface area contributed by atoms with Crippen molar-refractivity contribution in [2.24, 2.45) is 0 Å². The Kier molecular flexibility index (Phi) is 6.01. The molecule has 0 aliphatic rings. The molecule has 1 N–H and O–H groups in total. The van der Waals surface area contributed by atoms with Gasteiger partial charge in [-0.25, -0.2) is 9.97 Å². The van der Waals surface area contributed by atoms with Gasteiger partial charge in [0.1, 0.15) is 11.6 Å². The molecule has 1 aromatic heterocycles. The minimum absolute atomic E-state index is 0.818. The summed E-state index contributed by atoms with van der Waals surface area (Å²) >= 11 is 0. The van der Waals surface area contributed by atoms with Gasteiger partial charge in [0.2, 0.25) is 0 Å². The van der Waals surface area contributed by atoms with E-state index in [2.05, 4.69) is 53.2 Å². The fourth-order valence-electron chi connectivity index (χ4n) is 1.65. The van der Waals surface area contributed by atoms with E-state index in [1.165, 1.54) is 0 Å². The molecule has 0 fully saturated rings. The number of anilines is 1. The highest BCUT2D eigenvalue weighted by Crippen LogP contribution is 2.15. The summed E-state index contributed by atoms with van der Waals surface area (Å²) in [5.74, 6) is 1.85. The van der Waals surface area contributed by atoms with E-state index >= 15 is 0 Å². The van der Waals surface area contributed by atoms with E-state index in [1.807, 2.05) is 13.1 Å². The highest BCUT2D eigenvalue weighted by molar-refractivity contribution is 5.45. The van der Waals surface area contributed by atoms with Gasteiger partial charge in [-0.05, 0) is 27.6 Å². The Morgan fingerprint density at radius 2 is 1.94 bits per heavy atom. The average molecular weight is 251 g/mol. The molecule has 102 valence electrons. The van der Waals surface area contributed by atoms with Crippen molar-refractivity contribution >= 4 is 5.82 Å². The molecular weight excluding hydrogens is 226 g/mol. The second-order valence-electron chi connectivity index (χ2n) is 4.77. The normalized spacial score (nSPS) is 11.0. The molecule has 0 saturated carbocycles. The third kappa shape index (κ3) is 4.58. The van der Waals surface area contributed by atoms with Crippen molar-refractivity contribution in [1.82, 2.24) is 20.2 Å². The zero-order valence-corrected chi connectivity index (χ0v) is 12.2. The molecule has 5 heteroatoms. The molecule has 0 amide bonds. The lowest BCUT2D eigenvalue weighted by molar-refractivity contribution is 0.416. The van der Waals surface area contributed by atoms with Crippen LogP contribution in [0, 0.1) is 6.92 Å². The second-order valence-corrected chi connectivity index (χ2v) is 4.77. The SMILES string of the molecule is CCNCc1cnc(C)nc1N(C)CCN(C)C. The molecule has 1 heterocycles. The van der Waals surface area contributed by atoms with E-state index in [9.17, 15) is 0 Å². The Morgan fingerprint density at radius 1 is 1.22 bits per heavy atom. The fraction of sp³-hybridized carbons (Fsp3) is 0.692. The van der Waals surface area contributed by atoms with Gasteiger partial charge in [0.25, 0.3) is 0 Å². The van der Waals surface area contributed by atoms with E-state index < -0.39 is 0 Å². The van der Waals surface area contributed by atoms with Gasteiger partial charge in [0.05, 0.1) is 0 Å². The zero-order chi connectivity index (χ0) is 13.5. The summed E-state index contributed by atoms with van der Waals surface area (Å²) in [6.45, 7) is 7.78. The number of nitrogens with one attached hydrogen (secondary N) is 1. The van der Waals surface area contributed by atoms with Crippen molar-refractivity contribution in [2.45, 2.75) is 20.4 Å². The molecule has 1 aromatic rings. The van der Waals surface area contributed by atoms with Crippen molar-refractivity contribution in [2.75, 3.05) is 45.7 Å². The Bertz CT molecular complexity index is 364. The first-order chi connectivity index (χ1) is 8.54. The van der Waals surface area contributed by atoms with Crippen molar-refractivity contribution in [3.05, 3.63) is 17.6 Å². The summed E-state index contributed by atoms with van der Waals surface area (Å²) in [6.07, 6.45) is 1.92. The molecule has 0 radical (unpaired) electrons. The monoisotopic (exact) mass is 251 g/mol. The quantitative estimate of drug-likeness (QED) is 0.780. The lowest BCUT2D eigenvalue weighted by Gasteiger charge is -2.23. The predicted molar refractivity (Wildman–Crippen MR) is 76.0 cm³/mol. The molecular formula is C13H25N5. The maximum atomic E-state index is 4.56. The standard InChI is InChI=1S/C13H25N5/c1-6-14-9-12-10-15-11(2)16-13(12)18(5)8-7-17(3)4/h10,14H,6-9H2,1-5H3. The molecule has 18 heavy (non-hydrogen) atoms. The van der Waals surface area contributed by atoms with Gasteiger partial charge < -0.3 is 15.1 Å². The van der Waals surface area contributed by atoms with Gasteiger partial charge in [0.15, 0.2) is 0 Å². The summed E-state index contributed by atoms with van der Waals surface area (Å²) in [6, 6.07) is 0. The van der Waals surface area contributed by atoms with Crippen LogP contribution in [0.4, 0.5) is 5.82 Å². The number of aryl methyl sites for hydroxylation is 1. The number of hydrogen-bond donors (Lipinski definition) is 1. The molecule has 0 unspecified atom stereocenters. The Morgan fingerprint density at radius 3 is 2.56 bits per heavy atom. The largest absolute Gasteiger partial charge is 0.358 e. The number of likely N-dealkylation sites (N-methyl/N-ethyl adjacent to an activating group) is 2. The van der Waals surface area contributed by atoms with Gasteiger partial charge in [-0.3, -0.25) is 0 Å². The predicted octanol–water partition coefficient (Wildman–Crippen LogP) is 0.892. The van der Waals surface area contributed by atoms with Gasteiger partial charge in [-0.1, -0.05) is 6.92 Å². The van der Waals surface area contributed by atoms with Gasteiger partial charge in [-0.15, -0.1) is 0 Å². The minimum Gasteiger partial charge on any atom is -0.358 e. The highest BCUT2D eigenvalue weighted by Gasteiger charge is 2.10. The molecule has 0 aliphatic carbocycles. The summed E-state index contributed by atoms with van der Waals surface area (Å²) in [7, 11) is 6.25.